The molecule has 0 saturated heterocycles. The number of hydrogen-bond acceptors (Lipinski definition) is 6. The van der Waals surface area contributed by atoms with E-state index in [1.165, 1.54) is 38.3 Å². The molecule has 2 amide bonds. The lowest BCUT2D eigenvalue weighted by Crippen LogP contribution is -2.41. The summed E-state index contributed by atoms with van der Waals surface area (Å²) < 4.78 is 10.8. The molecule has 0 aliphatic rings. The number of nitrogens with one attached hydrogen (secondary N) is 2. The Morgan fingerprint density at radius 1 is 1.04 bits per heavy atom. The van der Waals surface area contributed by atoms with Gasteiger partial charge in [0.15, 0.2) is 11.5 Å². The Balaban J connectivity index is 2.04. The van der Waals surface area contributed by atoms with Crippen LogP contribution in [-0.2, 0) is 0 Å². The second-order valence-corrected chi connectivity index (χ2v) is 5.88. The van der Waals surface area contributed by atoms with E-state index < -0.39 is 16.7 Å². The molecule has 0 aliphatic heterocycles. The van der Waals surface area contributed by atoms with E-state index in [-0.39, 0.29) is 16.8 Å². The highest BCUT2D eigenvalue weighted by molar-refractivity contribution is 5.99. The number of methoxy groups -OCH3 is 1. The van der Waals surface area contributed by atoms with Crippen molar-refractivity contribution < 1.29 is 24.0 Å². The average Bonchev–Trinajstić information content (AvgIpc) is 2.69. The third-order valence-corrected chi connectivity index (χ3v) is 3.83. The molecule has 9 nitrogen and oxygen atoms in total. The molecule has 0 aliphatic carbocycles. The number of hydrazine groups is 1. The van der Waals surface area contributed by atoms with Crippen molar-refractivity contribution in [2.45, 2.75) is 20.3 Å². The molecule has 0 bridgehead atoms. The second kappa shape index (κ2) is 9.36. The van der Waals surface area contributed by atoms with Gasteiger partial charge in [-0.15, -0.1) is 0 Å². The first-order chi connectivity index (χ1) is 13.4. The van der Waals surface area contributed by atoms with Crippen LogP contribution >= 0.6 is 0 Å². The van der Waals surface area contributed by atoms with Crippen molar-refractivity contribution in [2.24, 2.45) is 0 Å². The highest BCUT2D eigenvalue weighted by Gasteiger charge is 2.15. The Morgan fingerprint density at radius 3 is 2.18 bits per heavy atom. The van der Waals surface area contributed by atoms with E-state index >= 15 is 0 Å². The van der Waals surface area contributed by atoms with Crippen LogP contribution in [0.4, 0.5) is 5.69 Å². The Hall–Kier alpha value is -3.62. The van der Waals surface area contributed by atoms with Crippen LogP contribution in [0.1, 0.15) is 39.6 Å². The molecule has 2 N–H and O–H groups in total. The van der Waals surface area contributed by atoms with Gasteiger partial charge in [-0.2, -0.15) is 0 Å². The number of carbonyl (C=O) groups is 2. The van der Waals surface area contributed by atoms with Gasteiger partial charge in [0.1, 0.15) is 0 Å². The summed E-state index contributed by atoms with van der Waals surface area (Å²) in [6, 6.07) is 8.60. The summed E-state index contributed by atoms with van der Waals surface area (Å²) in [7, 11) is 1.47. The molecule has 0 radical (unpaired) electrons. The van der Waals surface area contributed by atoms with Gasteiger partial charge >= 0.3 is 0 Å². The van der Waals surface area contributed by atoms with E-state index in [4.69, 9.17) is 9.47 Å². The molecule has 28 heavy (non-hydrogen) atoms. The number of carbonyl (C=O) groups excluding carboxylic acids is 2. The van der Waals surface area contributed by atoms with Gasteiger partial charge in [0.25, 0.3) is 17.5 Å². The van der Waals surface area contributed by atoms with Crippen LogP contribution < -0.4 is 20.3 Å². The van der Waals surface area contributed by atoms with Crippen LogP contribution in [0, 0.1) is 17.0 Å². The predicted molar refractivity (Wildman–Crippen MR) is 102 cm³/mol. The van der Waals surface area contributed by atoms with E-state index in [2.05, 4.69) is 10.9 Å². The molecule has 0 fully saturated rings. The molecule has 0 atom stereocenters. The largest absolute Gasteiger partial charge is 0.493 e. The average molecular weight is 387 g/mol. The Kier molecular flexibility index (Phi) is 6.91. The third kappa shape index (κ3) is 4.97. The van der Waals surface area contributed by atoms with Gasteiger partial charge in [0.05, 0.1) is 18.6 Å². The Labute approximate surface area is 161 Å². The molecule has 2 aromatic rings. The molecular weight excluding hydrogens is 366 g/mol. The van der Waals surface area contributed by atoms with Gasteiger partial charge in [-0.25, -0.2) is 0 Å². The van der Waals surface area contributed by atoms with Gasteiger partial charge in [0.2, 0.25) is 0 Å². The summed E-state index contributed by atoms with van der Waals surface area (Å²) >= 11 is 0. The fourth-order valence-electron chi connectivity index (χ4n) is 2.40. The molecule has 0 unspecified atom stereocenters. The summed E-state index contributed by atoms with van der Waals surface area (Å²) in [5, 5.41) is 10.8. The predicted octanol–water partition coefficient (Wildman–Crippen LogP) is 2.78. The van der Waals surface area contributed by atoms with Gasteiger partial charge in [-0.1, -0.05) is 6.92 Å². The fourth-order valence-corrected chi connectivity index (χ4v) is 2.40. The van der Waals surface area contributed by atoms with Crippen LogP contribution in [0.25, 0.3) is 0 Å². The van der Waals surface area contributed by atoms with Crippen molar-refractivity contribution in [1.29, 1.82) is 0 Å². The first-order valence-corrected chi connectivity index (χ1v) is 8.54. The normalized spacial score (nSPS) is 10.1. The molecule has 0 heterocycles. The van der Waals surface area contributed by atoms with Crippen LogP contribution in [-0.4, -0.2) is 30.5 Å². The summed E-state index contributed by atoms with van der Waals surface area (Å²) in [4.78, 5) is 34.8. The lowest BCUT2D eigenvalue weighted by atomic mass is 10.1. The minimum absolute atomic E-state index is 0.0851. The number of hydrogen-bond donors (Lipinski definition) is 2. The molecule has 148 valence electrons. The fraction of sp³-hybridized carbons (Fsp3) is 0.263. The molecule has 0 saturated carbocycles. The van der Waals surface area contributed by atoms with Crippen molar-refractivity contribution in [3.8, 4) is 11.5 Å². The quantitative estimate of drug-likeness (QED) is 0.557. The number of aryl methyl sites for hydroxylation is 1. The monoisotopic (exact) mass is 387 g/mol. The van der Waals surface area contributed by atoms with Crippen molar-refractivity contribution >= 4 is 17.5 Å². The summed E-state index contributed by atoms with van der Waals surface area (Å²) in [5.41, 5.74) is 5.29. The number of nitrogens with zero attached hydrogens (tertiary/aromatic N) is 1. The van der Waals surface area contributed by atoms with Crippen molar-refractivity contribution in [3.05, 3.63) is 63.2 Å². The first-order valence-electron chi connectivity index (χ1n) is 8.54. The lowest BCUT2D eigenvalue weighted by Gasteiger charge is -2.12. The van der Waals surface area contributed by atoms with Gasteiger partial charge in [0, 0.05) is 22.8 Å². The highest BCUT2D eigenvalue weighted by Crippen LogP contribution is 2.28. The van der Waals surface area contributed by atoms with Crippen LogP contribution in [0.2, 0.25) is 0 Å². The topological polar surface area (TPSA) is 120 Å². The SMILES string of the molecule is CCCOc1ccc(C(=O)NNC(=O)c2ccc([N+](=O)[O-])c(C)c2)cc1OC. The number of nitro benzene ring substituents is 1. The Morgan fingerprint density at radius 2 is 1.64 bits per heavy atom. The lowest BCUT2D eigenvalue weighted by molar-refractivity contribution is -0.385. The van der Waals surface area contributed by atoms with E-state index in [0.29, 0.717) is 23.7 Å². The number of nitro groups is 1. The first kappa shape index (κ1) is 20.7. The molecule has 9 heteroatoms. The van der Waals surface area contributed by atoms with E-state index in [1.807, 2.05) is 6.92 Å². The van der Waals surface area contributed by atoms with Gasteiger partial charge < -0.3 is 9.47 Å². The molecule has 2 rings (SSSR count). The second-order valence-electron chi connectivity index (χ2n) is 5.88. The highest BCUT2D eigenvalue weighted by atomic mass is 16.6. The zero-order chi connectivity index (χ0) is 20.7. The van der Waals surface area contributed by atoms with E-state index in [1.54, 1.807) is 12.1 Å². The minimum atomic E-state index is -0.596. The maximum Gasteiger partial charge on any atom is 0.272 e. The molecule has 0 aromatic heterocycles. The summed E-state index contributed by atoms with van der Waals surface area (Å²) in [5.74, 6) is -0.224. The smallest absolute Gasteiger partial charge is 0.272 e. The number of ether oxygens (including phenoxy) is 2. The van der Waals surface area contributed by atoms with Gasteiger partial charge in [-0.05, 0) is 43.7 Å². The zero-order valence-corrected chi connectivity index (χ0v) is 15.8. The maximum atomic E-state index is 12.3. The zero-order valence-electron chi connectivity index (χ0n) is 15.8. The summed E-state index contributed by atoms with van der Waals surface area (Å²) in [6.45, 7) is 4.03. The number of amides is 2. The van der Waals surface area contributed by atoms with Crippen molar-refractivity contribution in [2.75, 3.05) is 13.7 Å². The number of rotatable bonds is 7. The van der Waals surface area contributed by atoms with Crippen LogP contribution in [0.5, 0.6) is 11.5 Å². The molecule has 2 aromatic carbocycles. The maximum absolute atomic E-state index is 12.3. The van der Waals surface area contributed by atoms with E-state index in [9.17, 15) is 19.7 Å². The third-order valence-electron chi connectivity index (χ3n) is 3.83. The number of benzene rings is 2. The van der Waals surface area contributed by atoms with Crippen molar-refractivity contribution in [3.63, 3.8) is 0 Å². The van der Waals surface area contributed by atoms with E-state index in [0.717, 1.165) is 6.42 Å². The molecular formula is C19H21N3O6. The Bertz CT molecular complexity index is 897. The standard InChI is InChI=1S/C19H21N3O6/c1-4-9-28-16-8-6-14(11-17(16)27-3)19(24)21-20-18(23)13-5-7-15(22(25)26)12(2)10-13/h5-8,10-11H,4,9H2,1-3H3,(H,20,23)(H,21,24). The van der Waals surface area contributed by atoms with Crippen LogP contribution in [0.15, 0.2) is 36.4 Å². The minimum Gasteiger partial charge on any atom is -0.493 e. The van der Waals surface area contributed by atoms with Crippen molar-refractivity contribution in [1.82, 2.24) is 10.9 Å². The van der Waals surface area contributed by atoms with Gasteiger partial charge in [-0.3, -0.25) is 30.6 Å². The molecule has 0 spiro atoms. The van der Waals surface area contributed by atoms with Crippen LogP contribution in [0.3, 0.4) is 0 Å². The summed E-state index contributed by atoms with van der Waals surface area (Å²) in [6.07, 6.45) is 0.833.